The van der Waals surface area contributed by atoms with Crippen molar-refractivity contribution in [3.63, 3.8) is 0 Å². The Bertz CT molecular complexity index is 944. The quantitative estimate of drug-likeness (QED) is 0.709. The van der Waals surface area contributed by atoms with E-state index in [1.54, 1.807) is 41.2 Å². The highest BCUT2D eigenvalue weighted by molar-refractivity contribution is 5.96. The number of rotatable bonds is 5. The van der Waals surface area contributed by atoms with Gasteiger partial charge in [0.05, 0.1) is 12.6 Å². The van der Waals surface area contributed by atoms with E-state index in [1.807, 2.05) is 44.2 Å². The highest BCUT2D eigenvalue weighted by Gasteiger charge is 2.72. The number of β-lactam (4-membered cyclic amide) rings is 1. The first kappa shape index (κ1) is 20.2. The zero-order chi connectivity index (χ0) is 21.5. The minimum Gasteiger partial charge on any atom is -0.497 e. The fourth-order valence-electron chi connectivity index (χ4n) is 4.45. The van der Waals surface area contributed by atoms with Crippen molar-refractivity contribution in [2.75, 3.05) is 20.8 Å². The summed E-state index contributed by atoms with van der Waals surface area (Å²) in [4.78, 5) is 29.6. The molecule has 0 saturated carbocycles. The molecule has 2 aromatic rings. The lowest BCUT2D eigenvalue weighted by Crippen LogP contribution is -2.76. The van der Waals surface area contributed by atoms with Crippen molar-refractivity contribution in [2.45, 2.75) is 37.8 Å². The van der Waals surface area contributed by atoms with Crippen molar-refractivity contribution in [1.29, 1.82) is 0 Å². The largest absolute Gasteiger partial charge is 0.497 e. The summed E-state index contributed by atoms with van der Waals surface area (Å²) in [6.07, 6.45) is -1.05. The smallest absolute Gasteiger partial charge is 0.411 e. The molecule has 0 aliphatic carbocycles. The second-order valence-electron chi connectivity index (χ2n) is 8.20. The lowest BCUT2D eigenvalue weighted by atomic mass is 9.79. The number of fused-ring (bicyclic) bond motifs is 1. The molecule has 0 radical (unpaired) electrons. The number of hydrogen-bond donors (Lipinski definition) is 0. The Morgan fingerprint density at radius 2 is 1.73 bits per heavy atom. The van der Waals surface area contributed by atoms with Gasteiger partial charge in [0.2, 0.25) is 5.60 Å². The molecule has 4 rings (SSSR count). The number of carbonyl (C=O) groups excluding carboxylic acids is 2. The standard InChI is InChI=1S/C23H26N2O5/c1-22(2)15-24(21(27)30-14-16-8-6-5-7-9-16)19-23(29-4,20(26)25(19)22)17-10-12-18(28-3)13-11-17/h5-13,19H,14-15H2,1-4H3/t19-,23+/m0/s1. The van der Waals surface area contributed by atoms with E-state index >= 15 is 0 Å². The van der Waals surface area contributed by atoms with Crippen LogP contribution in [0.1, 0.15) is 25.0 Å². The van der Waals surface area contributed by atoms with E-state index < -0.39 is 23.4 Å². The van der Waals surface area contributed by atoms with Crippen LogP contribution in [-0.2, 0) is 26.5 Å². The molecular formula is C23H26N2O5. The van der Waals surface area contributed by atoms with Gasteiger partial charge in [0.15, 0.2) is 6.17 Å². The molecule has 2 aromatic carbocycles. The monoisotopic (exact) mass is 410 g/mol. The first-order valence-corrected chi connectivity index (χ1v) is 9.86. The highest BCUT2D eigenvalue weighted by Crippen LogP contribution is 2.52. The topological polar surface area (TPSA) is 68.3 Å². The van der Waals surface area contributed by atoms with Crippen molar-refractivity contribution >= 4 is 12.0 Å². The van der Waals surface area contributed by atoms with Crippen LogP contribution in [0.15, 0.2) is 54.6 Å². The molecule has 158 valence electrons. The average molecular weight is 410 g/mol. The Balaban J connectivity index is 1.63. The van der Waals surface area contributed by atoms with Crippen LogP contribution in [0.4, 0.5) is 4.79 Å². The maximum Gasteiger partial charge on any atom is 0.411 e. The van der Waals surface area contributed by atoms with Crippen molar-refractivity contribution in [3.8, 4) is 5.75 Å². The Morgan fingerprint density at radius 1 is 1.07 bits per heavy atom. The Hall–Kier alpha value is -3.06. The number of ether oxygens (including phenoxy) is 3. The summed E-state index contributed by atoms with van der Waals surface area (Å²) in [6.45, 7) is 4.41. The summed E-state index contributed by atoms with van der Waals surface area (Å²) in [7, 11) is 3.08. The van der Waals surface area contributed by atoms with Gasteiger partial charge in [-0.05, 0) is 37.1 Å². The van der Waals surface area contributed by atoms with Gasteiger partial charge in [-0.3, -0.25) is 9.69 Å². The Kier molecular flexibility index (Phi) is 4.94. The van der Waals surface area contributed by atoms with E-state index in [1.165, 1.54) is 7.11 Å². The first-order chi connectivity index (χ1) is 14.3. The molecule has 2 fully saturated rings. The van der Waals surface area contributed by atoms with Crippen LogP contribution in [0.25, 0.3) is 0 Å². The second kappa shape index (κ2) is 7.32. The fraction of sp³-hybridized carbons (Fsp3) is 0.391. The van der Waals surface area contributed by atoms with Gasteiger partial charge < -0.3 is 19.1 Å². The fourth-order valence-corrected chi connectivity index (χ4v) is 4.45. The molecule has 0 N–H and O–H groups in total. The summed E-state index contributed by atoms with van der Waals surface area (Å²) in [6, 6.07) is 16.7. The third-order valence-electron chi connectivity index (χ3n) is 5.93. The van der Waals surface area contributed by atoms with E-state index in [0.717, 1.165) is 5.56 Å². The van der Waals surface area contributed by atoms with E-state index in [-0.39, 0.29) is 12.5 Å². The van der Waals surface area contributed by atoms with Crippen molar-refractivity contribution in [3.05, 3.63) is 65.7 Å². The molecular weight excluding hydrogens is 384 g/mol. The van der Waals surface area contributed by atoms with Gasteiger partial charge in [-0.25, -0.2) is 4.79 Å². The second-order valence-corrected chi connectivity index (χ2v) is 8.20. The van der Waals surface area contributed by atoms with Crippen LogP contribution >= 0.6 is 0 Å². The molecule has 2 saturated heterocycles. The molecule has 0 spiro atoms. The molecule has 2 aliphatic rings. The van der Waals surface area contributed by atoms with Gasteiger partial charge in [-0.1, -0.05) is 42.5 Å². The van der Waals surface area contributed by atoms with Crippen molar-refractivity contribution < 1.29 is 23.8 Å². The summed E-state index contributed by atoms with van der Waals surface area (Å²) in [5, 5.41) is 0. The molecule has 7 nitrogen and oxygen atoms in total. The predicted molar refractivity (Wildman–Crippen MR) is 110 cm³/mol. The normalized spacial score (nSPS) is 24.3. The van der Waals surface area contributed by atoms with Gasteiger partial charge >= 0.3 is 6.09 Å². The Morgan fingerprint density at radius 3 is 2.33 bits per heavy atom. The van der Waals surface area contributed by atoms with Gasteiger partial charge in [0.25, 0.3) is 5.91 Å². The molecule has 0 unspecified atom stereocenters. The van der Waals surface area contributed by atoms with Crippen molar-refractivity contribution in [2.24, 2.45) is 0 Å². The number of amides is 2. The molecule has 7 heteroatoms. The summed E-state index contributed by atoms with van der Waals surface area (Å²) in [5.74, 6) is 0.517. The number of benzene rings is 2. The third-order valence-corrected chi connectivity index (χ3v) is 5.93. The Labute approximate surface area is 176 Å². The van der Waals surface area contributed by atoms with Crippen molar-refractivity contribution in [1.82, 2.24) is 9.80 Å². The predicted octanol–water partition coefficient (Wildman–Crippen LogP) is 3.14. The molecule has 30 heavy (non-hydrogen) atoms. The maximum absolute atomic E-state index is 13.3. The first-order valence-electron chi connectivity index (χ1n) is 9.86. The number of carbonyl (C=O) groups is 2. The number of hydrogen-bond acceptors (Lipinski definition) is 5. The lowest BCUT2D eigenvalue weighted by molar-refractivity contribution is -0.216. The highest BCUT2D eigenvalue weighted by atomic mass is 16.6. The van der Waals surface area contributed by atoms with Crippen LogP contribution in [0.2, 0.25) is 0 Å². The molecule has 2 atom stereocenters. The molecule has 2 aliphatic heterocycles. The van der Waals surface area contributed by atoms with Gasteiger partial charge in [-0.2, -0.15) is 0 Å². The maximum atomic E-state index is 13.3. The molecule has 2 amide bonds. The lowest BCUT2D eigenvalue weighted by Gasteiger charge is -2.55. The van der Waals surface area contributed by atoms with Gasteiger partial charge in [0.1, 0.15) is 12.4 Å². The van der Waals surface area contributed by atoms with Crippen LogP contribution in [0, 0.1) is 0 Å². The SMILES string of the molecule is COc1ccc([C@]2(OC)C(=O)N3[C@@H]2N(C(=O)OCc2ccccc2)CC3(C)C)cc1. The average Bonchev–Trinajstić information content (AvgIpc) is 3.02. The van der Waals surface area contributed by atoms with Crippen LogP contribution < -0.4 is 4.74 Å². The van der Waals surface area contributed by atoms with Crippen LogP contribution in [0.5, 0.6) is 5.75 Å². The number of nitrogens with zero attached hydrogens (tertiary/aromatic N) is 2. The zero-order valence-corrected chi connectivity index (χ0v) is 17.6. The summed E-state index contributed by atoms with van der Waals surface area (Å²) in [5.41, 5.74) is -0.219. The van der Waals surface area contributed by atoms with Gasteiger partial charge in [0, 0.05) is 13.7 Å². The summed E-state index contributed by atoms with van der Waals surface area (Å²) >= 11 is 0. The third kappa shape index (κ3) is 2.92. The van der Waals surface area contributed by atoms with Crippen LogP contribution in [-0.4, -0.2) is 54.3 Å². The molecule has 0 bridgehead atoms. The van der Waals surface area contributed by atoms with E-state index in [4.69, 9.17) is 14.2 Å². The minimum atomic E-state index is -1.27. The minimum absolute atomic E-state index is 0.163. The zero-order valence-electron chi connectivity index (χ0n) is 17.6. The van der Waals surface area contributed by atoms with E-state index in [0.29, 0.717) is 17.9 Å². The number of methoxy groups -OCH3 is 2. The van der Waals surface area contributed by atoms with Crippen LogP contribution in [0.3, 0.4) is 0 Å². The van der Waals surface area contributed by atoms with E-state index in [9.17, 15) is 9.59 Å². The molecule has 2 heterocycles. The molecule has 0 aromatic heterocycles. The van der Waals surface area contributed by atoms with Gasteiger partial charge in [-0.15, -0.1) is 0 Å². The van der Waals surface area contributed by atoms with E-state index in [2.05, 4.69) is 0 Å². The summed E-state index contributed by atoms with van der Waals surface area (Å²) < 4.78 is 16.6.